The zero-order chi connectivity index (χ0) is 35.7. The van der Waals surface area contributed by atoms with Gasteiger partial charge in [0.15, 0.2) is 0 Å². The molecule has 9 aromatic rings. The van der Waals surface area contributed by atoms with Gasteiger partial charge >= 0.3 is 0 Å². The van der Waals surface area contributed by atoms with Crippen LogP contribution in [0.15, 0.2) is 200 Å². The lowest BCUT2D eigenvalue weighted by Crippen LogP contribution is -2.09. The molecule has 0 atom stereocenters. The molecule has 0 unspecified atom stereocenters. The third kappa shape index (κ3) is 6.31. The van der Waals surface area contributed by atoms with Crippen molar-refractivity contribution in [3.63, 3.8) is 0 Å². The third-order valence-electron chi connectivity index (χ3n) is 9.70. The maximum atomic E-state index is 6.26. The standard InChI is InChI=1S/C48H33Cl2N3/c49-36-18-24-41(25-19-36)52(42-26-20-37(50)21-27-42)40-22-15-34(16-23-40)35-17-32-46-45-13-7-8-14-47(45)53(48(46)33-35)44-30-28-43(29-31-44)51(38-9-3-1-4-10-38)39-11-5-2-6-12-39/h1-33H. The SMILES string of the molecule is Clc1ccc(N(c2ccc(Cl)cc2)c2ccc(-c3ccc4c5ccccc5n(-c5ccc(N(c6ccccc6)c6ccccc6)cc5)c4c3)cc2)cc1. The number of anilines is 6. The topological polar surface area (TPSA) is 11.4 Å². The van der Waals surface area contributed by atoms with Crippen LogP contribution in [-0.2, 0) is 0 Å². The highest BCUT2D eigenvalue weighted by Crippen LogP contribution is 2.40. The van der Waals surface area contributed by atoms with E-state index in [2.05, 4.69) is 166 Å². The minimum absolute atomic E-state index is 0.699. The minimum Gasteiger partial charge on any atom is -0.311 e. The van der Waals surface area contributed by atoms with Gasteiger partial charge in [-0.15, -0.1) is 0 Å². The van der Waals surface area contributed by atoms with E-state index in [4.69, 9.17) is 23.2 Å². The van der Waals surface area contributed by atoms with E-state index >= 15 is 0 Å². The molecule has 0 aliphatic heterocycles. The number of nitrogens with zero attached hydrogens (tertiary/aromatic N) is 3. The van der Waals surface area contributed by atoms with Crippen LogP contribution >= 0.6 is 23.2 Å². The van der Waals surface area contributed by atoms with Gasteiger partial charge in [0.25, 0.3) is 0 Å². The van der Waals surface area contributed by atoms with E-state index in [0.29, 0.717) is 10.0 Å². The number of halogens is 2. The number of para-hydroxylation sites is 3. The third-order valence-corrected chi connectivity index (χ3v) is 10.2. The van der Waals surface area contributed by atoms with Crippen LogP contribution < -0.4 is 9.80 Å². The highest BCUT2D eigenvalue weighted by atomic mass is 35.5. The Balaban J connectivity index is 1.11. The second-order valence-electron chi connectivity index (χ2n) is 12.9. The first-order valence-corrected chi connectivity index (χ1v) is 18.3. The van der Waals surface area contributed by atoms with Crippen LogP contribution in [0.1, 0.15) is 0 Å². The van der Waals surface area contributed by atoms with Crippen LogP contribution in [0.3, 0.4) is 0 Å². The molecule has 0 saturated heterocycles. The molecule has 9 rings (SSSR count). The number of hydrogen-bond acceptors (Lipinski definition) is 2. The zero-order valence-corrected chi connectivity index (χ0v) is 30.2. The van der Waals surface area contributed by atoms with E-state index in [1.165, 1.54) is 16.3 Å². The Morgan fingerprint density at radius 1 is 0.321 bits per heavy atom. The Labute approximate surface area is 319 Å². The van der Waals surface area contributed by atoms with Crippen molar-refractivity contribution < 1.29 is 0 Å². The molecule has 0 saturated carbocycles. The molecule has 0 aliphatic carbocycles. The maximum absolute atomic E-state index is 6.26. The molecular weight excluding hydrogens is 689 g/mol. The summed E-state index contributed by atoms with van der Waals surface area (Å²) in [4.78, 5) is 4.50. The van der Waals surface area contributed by atoms with Crippen molar-refractivity contribution in [3.05, 3.63) is 210 Å². The summed E-state index contributed by atoms with van der Waals surface area (Å²) < 4.78 is 2.38. The first kappa shape index (κ1) is 32.6. The lowest BCUT2D eigenvalue weighted by atomic mass is 10.0. The lowest BCUT2D eigenvalue weighted by Gasteiger charge is -2.26. The van der Waals surface area contributed by atoms with Gasteiger partial charge in [0.1, 0.15) is 0 Å². The van der Waals surface area contributed by atoms with E-state index in [-0.39, 0.29) is 0 Å². The van der Waals surface area contributed by atoms with Crippen LogP contribution in [0.25, 0.3) is 38.6 Å². The first-order valence-electron chi connectivity index (χ1n) is 17.6. The summed E-state index contributed by atoms with van der Waals surface area (Å²) in [6.45, 7) is 0. The lowest BCUT2D eigenvalue weighted by molar-refractivity contribution is 1.17. The summed E-state index contributed by atoms with van der Waals surface area (Å²) in [5.74, 6) is 0. The molecule has 3 nitrogen and oxygen atoms in total. The van der Waals surface area contributed by atoms with E-state index < -0.39 is 0 Å². The Kier molecular flexibility index (Phi) is 8.65. The van der Waals surface area contributed by atoms with Gasteiger partial charge in [0.05, 0.1) is 11.0 Å². The van der Waals surface area contributed by atoms with Gasteiger partial charge in [-0.25, -0.2) is 0 Å². The molecular formula is C48H33Cl2N3. The van der Waals surface area contributed by atoms with Crippen molar-refractivity contribution in [2.45, 2.75) is 0 Å². The smallest absolute Gasteiger partial charge is 0.0547 e. The van der Waals surface area contributed by atoms with Gasteiger partial charge in [-0.1, -0.05) is 102 Å². The van der Waals surface area contributed by atoms with Crippen molar-refractivity contribution in [2.24, 2.45) is 0 Å². The predicted octanol–water partition coefficient (Wildman–Crippen LogP) is 14.7. The van der Waals surface area contributed by atoms with Gasteiger partial charge in [-0.05, 0) is 132 Å². The molecule has 0 aliphatic rings. The molecule has 0 radical (unpaired) electrons. The summed E-state index contributed by atoms with van der Waals surface area (Å²) in [6, 6.07) is 69.9. The number of fused-ring (bicyclic) bond motifs is 3. The Bertz CT molecular complexity index is 2570. The molecule has 0 amide bonds. The van der Waals surface area contributed by atoms with Crippen molar-refractivity contribution in [2.75, 3.05) is 9.80 Å². The molecule has 0 spiro atoms. The van der Waals surface area contributed by atoms with Crippen LogP contribution in [0, 0.1) is 0 Å². The summed E-state index contributed by atoms with van der Waals surface area (Å²) in [6.07, 6.45) is 0. The van der Waals surface area contributed by atoms with Gasteiger partial charge in [-0.2, -0.15) is 0 Å². The Morgan fingerprint density at radius 2 is 0.717 bits per heavy atom. The summed E-state index contributed by atoms with van der Waals surface area (Å²) in [5, 5.41) is 3.85. The number of hydrogen-bond donors (Lipinski definition) is 0. The second kappa shape index (κ2) is 14.0. The first-order chi connectivity index (χ1) is 26.1. The number of benzene rings is 8. The summed E-state index contributed by atoms with van der Waals surface area (Å²) >= 11 is 12.5. The molecule has 254 valence electrons. The van der Waals surface area contributed by atoms with Gasteiger partial charge in [0.2, 0.25) is 0 Å². The fourth-order valence-electron chi connectivity index (χ4n) is 7.21. The van der Waals surface area contributed by atoms with Crippen LogP contribution in [0.2, 0.25) is 10.0 Å². The van der Waals surface area contributed by atoms with Crippen molar-refractivity contribution >= 4 is 79.1 Å². The molecule has 0 N–H and O–H groups in total. The molecule has 0 bridgehead atoms. The Hall–Kier alpha value is -6.26. The minimum atomic E-state index is 0.699. The van der Waals surface area contributed by atoms with Gasteiger partial charge < -0.3 is 14.4 Å². The largest absolute Gasteiger partial charge is 0.311 e. The maximum Gasteiger partial charge on any atom is 0.0547 e. The van der Waals surface area contributed by atoms with E-state index in [1.54, 1.807) is 0 Å². The fourth-order valence-corrected chi connectivity index (χ4v) is 7.46. The van der Waals surface area contributed by atoms with Crippen LogP contribution in [0.5, 0.6) is 0 Å². The normalized spacial score (nSPS) is 11.2. The zero-order valence-electron chi connectivity index (χ0n) is 28.7. The second-order valence-corrected chi connectivity index (χ2v) is 13.8. The van der Waals surface area contributed by atoms with Crippen LogP contribution in [-0.4, -0.2) is 4.57 Å². The molecule has 53 heavy (non-hydrogen) atoms. The highest BCUT2D eigenvalue weighted by Gasteiger charge is 2.17. The predicted molar refractivity (Wildman–Crippen MR) is 226 cm³/mol. The molecule has 8 aromatic carbocycles. The molecule has 5 heteroatoms. The van der Waals surface area contributed by atoms with Crippen molar-refractivity contribution in [1.29, 1.82) is 0 Å². The van der Waals surface area contributed by atoms with E-state index in [0.717, 1.165) is 56.5 Å². The number of aromatic nitrogens is 1. The fraction of sp³-hybridized carbons (Fsp3) is 0. The van der Waals surface area contributed by atoms with Gasteiger partial charge in [-0.3, -0.25) is 0 Å². The highest BCUT2D eigenvalue weighted by molar-refractivity contribution is 6.31. The van der Waals surface area contributed by atoms with E-state index in [1.807, 2.05) is 48.5 Å². The average Bonchev–Trinajstić information content (AvgIpc) is 3.55. The van der Waals surface area contributed by atoms with Gasteiger partial charge in [0, 0.05) is 60.6 Å². The molecule has 1 heterocycles. The number of rotatable bonds is 8. The van der Waals surface area contributed by atoms with Crippen LogP contribution in [0.4, 0.5) is 34.1 Å². The van der Waals surface area contributed by atoms with E-state index in [9.17, 15) is 0 Å². The van der Waals surface area contributed by atoms with Crippen molar-refractivity contribution in [1.82, 2.24) is 4.57 Å². The Morgan fingerprint density at radius 3 is 1.25 bits per heavy atom. The monoisotopic (exact) mass is 721 g/mol. The van der Waals surface area contributed by atoms with Crippen molar-refractivity contribution in [3.8, 4) is 16.8 Å². The summed E-state index contributed by atoms with van der Waals surface area (Å²) in [5.41, 5.74) is 12.1. The summed E-state index contributed by atoms with van der Waals surface area (Å²) in [7, 11) is 0. The molecule has 1 aromatic heterocycles. The molecule has 0 fully saturated rings. The quantitative estimate of drug-likeness (QED) is 0.155. The average molecular weight is 723 g/mol.